The summed E-state index contributed by atoms with van der Waals surface area (Å²) < 4.78 is 0. The molecule has 1 N–H and O–H groups in total. The van der Waals surface area contributed by atoms with E-state index in [1.165, 1.54) is 5.57 Å². The highest BCUT2D eigenvalue weighted by Crippen LogP contribution is 2.18. The van der Waals surface area contributed by atoms with Gasteiger partial charge in [-0.3, -0.25) is 4.79 Å². The van der Waals surface area contributed by atoms with Crippen molar-refractivity contribution in [3.05, 3.63) is 36.0 Å². The van der Waals surface area contributed by atoms with Gasteiger partial charge in [0, 0.05) is 19.5 Å². The zero-order valence-corrected chi connectivity index (χ0v) is 12.5. The summed E-state index contributed by atoms with van der Waals surface area (Å²) in [5.74, 6) is 0.299. The third kappa shape index (κ3) is 4.34. The average Bonchev–Trinajstić information content (AvgIpc) is 2.43. The normalized spacial score (nSPS) is 25.6. The van der Waals surface area contributed by atoms with Crippen molar-refractivity contribution in [2.75, 3.05) is 19.6 Å². The Morgan fingerprint density at radius 2 is 2.35 bits per heavy atom. The van der Waals surface area contributed by atoms with Crippen LogP contribution in [0.5, 0.6) is 0 Å². The number of allylic oxidation sites excluding steroid dienone is 5. The third-order valence-corrected chi connectivity index (χ3v) is 3.88. The number of amides is 1. The van der Waals surface area contributed by atoms with Crippen LogP contribution in [0.1, 0.15) is 39.0 Å². The molecule has 0 radical (unpaired) electrons. The van der Waals surface area contributed by atoms with Crippen molar-refractivity contribution in [2.24, 2.45) is 0 Å². The Labute approximate surface area is 122 Å². The lowest BCUT2D eigenvalue weighted by Gasteiger charge is -2.33. The molecule has 3 heteroatoms. The highest BCUT2D eigenvalue weighted by molar-refractivity contribution is 5.76. The SMILES string of the molecule is CCCC(=O)N1CCNCCCC1C=C1C=CC=CC1. The van der Waals surface area contributed by atoms with Gasteiger partial charge in [-0.05, 0) is 37.8 Å². The predicted octanol–water partition coefficient (Wildman–Crippen LogP) is 2.81. The van der Waals surface area contributed by atoms with Crippen LogP contribution in [0.15, 0.2) is 36.0 Å². The second-order valence-electron chi connectivity index (χ2n) is 5.53. The van der Waals surface area contributed by atoms with Crippen molar-refractivity contribution in [1.29, 1.82) is 0 Å². The molecule has 0 aromatic heterocycles. The van der Waals surface area contributed by atoms with Gasteiger partial charge >= 0.3 is 0 Å². The molecular weight excluding hydrogens is 248 g/mol. The van der Waals surface area contributed by atoms with Gasteiger partial charge in [-0.25, -0.2) is 0 Å². The largest absolute Gasteiger partial charge is 0.335 e. The first-order valence-electron chi connectivity index (χ1n) is 7.85. The first-order valence-corrected chi connectivity index (χ1v) is 7.85. The lowest BCUT2D eigenvalue weighted by atomic mass is 10.00. The van der Waals surface area contributed by atoms with E-state index in [1.54, 1.807) is 0 Å². The fourth-order valence-corrected chi connectivity index (χ4v) is 2.82. The minimum absolute atomic E-state index is 0.266. The summed E-state index contributed by atoms with van der Waals surface area (Å²) in [7, 11) is 0. The number of carbonyl (C=O) groups excluding carboxylic acids is 1. The molecule has 3 nitrogen and oxygen atoms in total. The molecule has 1 atom stereocenters. The molecule has 1 unspecified atom stereocenters. The van der Waals surface area contributed by atoms with E-state index in [-0.39, 0.29) is 6.04 Å². The molecule has 0 aromatic carbocycles. The molecule has 20 heavy (non-hydrogen) atoms. The predicted molar refractivity (Wildman–Crippen MR) is 83.5 cm³/mol. The quantitative estimate of drug-likeness (QED) is 0.858. The molecule has 1 fully saturated rings. The molecule has 2 rings (SSSR count). The van der Waals surface area contributed by atoms with Gasteiger partial charge in [-0.2, -0.15) is 0 Å². The molecule has 1 aliphatic heterocycles. The topological polar surface area (TPSA) is 32.3 Å². The van der Waals surface area contributed by atoms with Crippen molar-refractivity contribution in [3.63, 3.8) is 0 Å². The second kappa shape index (κ2) is 8.05. The Kier molecular flexibility index (Phi) is 6.06. The van der Waals surface area contributed by atoms with Crippen LogP contribution in [-0.4, -0.2) is 36.5 Å². The van der Waals surface area contributed by atoms with Crippen LogP contribution < -0.4 is 5.32 Å². The van der Waals surface area contributed by atoms with Gasteiger partial charge < -0.3 is 10.2 Å². The van der Waals surface area contributed by atoms with E-state index in [9.17, 15) is 4.79 Å². The van der Waals surface area contributed by atoms with Crippen LogP contribution in [0.25, 0.3) is 0 Å². The van der Waals surface area contributed by atoms with Crippen molar-refractivity contribution in [2.45, 2.75) is 45.1 Å². The van der Waals surface area contributed by atoms with Gasteiger partial charge in [0.05, 0.1) is 6.04 Å². The Bertz CT molecular complexity index is 409. The Balaban J connectivity index is 2.11. The summed E-state index contributed by atoms with van der Waals surface area (Å²) in [5, 5.41) is 3.40. The zero-order chi connectivity index (χ0) is 14.2. The van der Waals surface area contributed by atoms with Gasteiger partial charge in [0.15, 0.2) is 0 Å². The summed E-state index contributed by atoms with van der Waals surface area (Å²) >= 11 is 0. The number of nitrogens with zero attached hydrogens (tertiary/aromatic N) is 1. The third-order valence-electron chi connectivity index (χ3n) is 3.88. The number of hydrogen-bond donors (Lipinski definition) is 1. The highest BCUT2D eigenvalue weighted by atomic mass is 16.2. The van der Waals surface area contributed by atoms with Crippen LogP contribution in [-0.2, 0) is 4.79 Å². The molecule has 2 aliphatic rings. The van der Waals surface area contributed by atoms with Crippen LogP contribution in [0.4, 0.5) is 0 Å². The molecule has 0 aromatic rings. The number of rotatable bonds is 3. The smallest absolute Gasteiger partial charge is 0.223 e. The zero-order valence-electron chi connectivity index (χ0n) is 12.5. The number of nitrogens with one attached hydrogen (secondary N) is 1. The van der Waals surface area contributed by atoms with E-state index >= 15 is 0 Å². The van der Waals surface area contributed by atoms with Crippen molar-refractivity contribution >= 4 is 5.91 Å². The Morgan fingerprint density at radius 3 is 3.10 bits per heavy atom. The number of carbonyl (C=O) groups is 1. The average molecular weight is 274 g/mol. The molecular formula is C17H26N2O. The van der Waals surface area contributed by atoms with Crippen LogP contribution in [0.3, 0.4) is 0 Å². The Morgan fingerprint density at radius 1 is 1.45 bits per heavy atom. The highest BCUT2D eigenvalue weighted by Gasteiger charge is 2.22. The van der Waals surface area contributed by atoms with E-state index in [0.717, 1.165) is 45.3 Å². The van der Waals surface area contributed by atoms with Gasteiger partial charge in [0.1, 0.15) is 0 Å². The molecule has 1 heterocycles. The van der Waals surface area contributed by atoms with E-state index in [1.807, 2.05) is 0 Å². The number of hydrogen-bond acceptors (Lipinski definition) is 2. The lowest BCUT2D eigenvalue weighted by Crippen LogP contribution is -2.45. The summed E-state index contributed by atoms with van der Waals surface area (Å²) in [6.45, 7) is 4.87. The minimum atomic E-state index is 0.266. The van der Waals surface area contributed by atoms with Gasteiger partial charge in [0.2, 0.25) is 5.91 Å². The fourth-order valence-electron chi connectivity index (χ4n) is 2.82. The molecule has 1 aliphatic carbocycles. The van der Waals surface area contributed by atoms with Gasteiger partial charge in [0.25, 0.3) is 0 Å². The standard InChI is InChI=1S/C17H26N2O/c1-2-7-17(20)19-13-12-18-11-6-10-16(19)14-15-8-4-3-5-9-15/h3-5,8,14,16,18H,2,6-7,9-13H2,1H3. The van der Waals surface area contributed by atoms with E-state index in [0.29, 0.717) is 12.3 Å². The lowest BCUT2D eigenvalue weighted by molar-refractivity contribution is -0.132. The monoisotopic (exact) mass is 274 g/mol. The summed E-state index contributed by atoms with van der Waals surface area (Å²) in [4.78, 5) is 14.4. The maximum atomic E-state index is 12.4. The Hall–Kier alpha value is -1.35. The van der Waals surface area contributed by atoms with Crippen LogP contribution in [0.2, 0.25) is 0 Å². The first kappa shape index (κ1) is 15.0. The second-order valence-corrected chi connectivity index (χ2v) is 5.53. The fraction of sp³-hybridized carbons (Fsp3) is 0.588. The van der Waals surface area contributed by atoms with Gasteiger partial charge in [-0.15, -0.1) is 0 Å². The van der Waals surface area contributed by atoms with Gasteiger partial charge in [-0.1, -0.05) is 37.3 Å². The van der Waals surface area contributed by atoms with Crippen LogP contribution in [0, 0.1) is 0 Å². The molecule has 0 saturated carbocycles. The minimum Gasteiger partial charge on any atom is -0.335 e. The first-order chi connectivity index (χ1) is 9.81. The molecule has 0 spiro atoms. The molecule has 0 bridgehead atoms. The van der Waals surface area contributed by atoms with Crippen molar-refractivity contribution in [3.8, 4) is 0 Å². The summed E-state index contributed by atoms with van der Waals surface area (Å²) in [6, 6.07) is 0.266. The van der Waals surface area contributed by atoms with E-state index in [2.05, 4.69) is 47.5 Å². The maximum absolute atomic E-state index is 12.4. The van der Waals surface area contributed by atoms with E-state index in [4.69, 9.17) is 0 Å². The van der Waals surface area contributed by atoms with Crippen molar-refractivity contribution < 1.29 is 4.79 Å². The van der Waals surface area contributed by atoms with Crippen LogP contribution >= 0.6 is 0 Å². The van der Waals surface area contributed by atoms with Crippen molar-refractivity contribution in [1.82, 2.24) is 10.2 Å². The summed E-state index contributed by atoms with van der Waals surface area (Å²) in [5.41, 5.74) is 1.33. The molecule has 1 amide bonds. The summed E-state index contributed by atoms with van der Waals surface area (Å²) in [6.07, 6.45) is 15.6. The molecule has 1 saturated heterocycles. The molecule has 110 valence electrons. The maximum Gasteiger partial charge on any atom is 0.223 e. The van der Waals surface area contributed by atoms with E-state index < -0.39 is 0 Å².